The average molecular weight is 698 g/mol. The van der Waals surface area contributed by atoms with Crippen molar-refractivity contribution >= 4 is 19.8 Å². The van der Waals surface area contributed by atoms with Gasteiger partial charge in [0.1, 0.15) is 19.8 Å². The molecule has 0 aliphatic carbocycles. The van der Waals surface area contributed by atoms with Crippen molar-refractivity contribution in [3.05, 3.63) is 48.6 Å². The molecule has 0 aromatic carbocycles. The van der Waals surface area contributed by atoms with Gasteiger partial charge in [-0.25, -0.2) is 0 Å². The molecule has 0 radical (unpaired) electrons. The van der Waals surface area contributed by atoms with Crippen molar-refractivity contribution in [2.75, 3.05) is 47.5 Å². The SMILES string of the molecule is CC/C=C\C/C=C\C/C=C\C/C=C\CCC(=O)OC(COC(=O)CCCCCCCCCCCCC)COP(=O)([O-])OCC[N+](C)(C)C. The molecule has 0 saturated carbocycles. The second-order valence-corrected chi connectivity index (χ2v) is 14.6. The van der Waals surface area contributed by atoms with E-state index >= 15 is 0 Å². The first kappa shape index (κ1) is 46.0. The molecule has 0 aromatic heterocycles. The number of ether oxygens (including phenoxy) is 2. The molecule has 0 bridgehead atoms. The van der Waals surface area contributed by atoms with Crippen LogP contribution in [0.5, 0.6) is 0 Å². The zero-order valence-electron chi connectivity index (χ0n) is 30.9. The zero-order chi connectivity index (χ0) is 35.8. The first-order valence-electron chi connectivity index (χ1n) is 18.3. The number of unbranched alkanes of at least 4 members (excludes halogenated alkanes) is 10. The average Bonchev–Trinajstić information content (AvgIpc) is 3.02. The van der Waals surface area contributed by atoms with Gasteiger partial charge in [-0.05, 0) is 38.5 Å². The summed E-state index contributed by atoms with van der Waals surface area (Å²) in [5.41, 5.74) is 0. The van der Waals surface area contributed by atoms with E-state index in [-0.39, 0.29) is 26.1 Å². The summed E-state index contributed by atoms with van der Waals surface area (Å²) in [6.45, 7) is 3.98. The summed E-state index contributed by atoms with van der Waals surface area (Å²) < 4.78 is 33.6. The summed E-state index contributed by atoms with van der Waals surface area (Å²) in [6.07, 6.45) is 33.0. The van der Waals surface area contributed by atoms with Crippen LogP contribution in [0.1, 0.15) is 129 Å². The fourth-order valence-electron chi connectivity index (χ4n) is 4.49. The lowest BCUT2D eigenvalue weighted by atomic mass is 10.1. The van der Waals surface area contributed by atoms with E-state index in [1.54, 1.807) is 0 Å². The standard InChI is InChI=1S/C38H68NO8P/c1-6-8-10-12-14-16-18-19-21-23-25-27-29-31-38(41)47-36(35-46-48(42,43)45-33-32-39(3,4)5)34-44-37(40)30-28-26-24-22-20-17-15-13-11-9-7-2/h8,10,14,16,19,21,25,27,36H,6-7,9,11-13,15,17-18,20,22-24,26,28-35H2,1-5H3/b10-8-,16-14-,21-19-,27-25-. The number of allylic oxidation sites excluding steroid dienone is 8. The number of carbonyl (C=O) groups is 2. The Labute approximate surface area is 293 Å². The van der Waals surface area contributed by atoms with Gasteiger partial charge in [0.05, 0.1) is 27.7 Å². The molecule has 0 aromatic rings. The number of rotatable bonds is 32. The van der Waals surface area contributed by atoms with Crippen LogP contribution in [0.4, 0.5) is 0 Å². The number of hydrogen-bond donors (Lipinski definition) is 0. The van der Waals surface area contributed by atoms with Gasteiger partial charge in [-0.1, -0.05) is 127 Å². The fraction of sp³-hybridized carbons (Fsp3) is 0.737. The summed E-state index contributed by atoms with van der Waals surface area (Å²) in [4.78, 5) is 37.2. The highest BCUT2D eigenvalue weighted by Gasteiger charge is 2.21. The molecule has 9 nitrogen and oxygen atoms in total. The highest BCUT2D eigenvalue weighted by molar-refractivity contribution is 7.45. The molecular formula is C38H68NO8P. The van der Waals surface area contributed by atoms with Gasteiger partial charge in [-0.15, -0.1) is 0 Å². The van der Waals surface area contributed by atoms with Gasteiger partial charge in [0.25, 0.3) is 7.82 Å². The lowest BCUT2D eigenvalue weighted by molar-refractivity contribution is -0.870. The maximum absolute atomic E-state index is 12.5. The number of esters is 2. The van der Waals surface area contributed by atoms with Gasteiger partial charge in [0, 0.05) is 12.8 Å². The van der Waals surface area contributed by atoms with Gasteiger partial charge < -0.3 is 27.9 Å². The minimum absolute atomic E-state index is 0.0441. The smallest absolute Gasteiger partial charge is 0.306 e. The van der Waals surface area contributed by atoms with Crippen molar-refractivity contribution < 1.29 is 42.1 Å². The van der Waals surface area contributed by atoms with Crippen molar-refractivity contribution in [1.29, 1.82) is 0 Å². The van der Waals surface area contributed by atoms with E-state index in [9.17, 15) is 19.0 Å². The summed E-state index contributed by atoms with van der Waals surface area (Å²) >= 11 is 0. The molecule has 2 unspecified atom stereocenters. The number of phosphoric acid groups is 1. The van der Waals surface area contributed by atoms with E-state index in [0.717, 1.165) is 44.9 Å². The lowest BCUT2D eigenvalue weighted by Crippen LogP contribution is -2.37. The lowest BCUT2D eigenvalue weighted by Gasteiger charge is -2.28. The Morgan fingerprint density at radius 3 is 1.73 bits per heavy atom. The number of phosphoric ester groups is 1. The van der Waals surface area contributed by atoms with Crippen LogP contribution in [-0.4, -0.2) is 70.0 Å². The van der Waals surface area contributed by atoms with Crippen molar-refractivity contribution in [1.82, 2.24) is 0 Å². The van der Waals surface area contributed by atoms with Crippen molar-refractivity contribution in [3.63, 3.8) is 0 Å². The van der Waals surface area contributed by atoms with E-state index in [2.05, 4.69) is 50.3 Å². The van der Waals surface area contributed by atoms with Gasteiger partial charge in [-0.2, -0.15) is 0 Å². The Morgan fingerprint density at radius 1 is 0.667 bits per heavy atom. The van der Waals surface area contributed by atoms with Crippen LogP contribution in [0.25, 0.3) is 0 Å². The van der Waals surface area contributed by atoms with Crippen molar-refractivity contribution in [2.24, 2.45) is 0 Å². The molecule has 10 heteroatoms. The Kier molecular flexibility index (Phi) is 29.7. The molecule has 0 rings (SSSR count). The third kappa shape index (κ3) is 33.9. The maximum Gasteiger partial charge on any atom is 0.306 e. The molecule has 0 spiro atoms. The minimum Gasteiger partial charge on any atom is -0.756 e. The molecule has 0 aliphatic rings. The van der Waals surface area contributed by atoms with Gasteiger partial charge >= 0.3 is 11.9 Å². The molecular weight excluding hydrogens is 629 g/mol. The quantitative estimate of drug-likeness (QED) is 0.0225. The second kappa shape index (κ2) is 31.0. The Morgan fingerprint density at radius 2 is 1.19 bits per heavy atom. The normalized spacial score (nSPS) is 14.4. The van der Waals surface area contributed by atoms with Crippen LogP contribution in [-0.2, 0) is 32.7 Å². The van der Waals surface area contributed by atoms with Gasteiger partial charge in [-0.3, -0.25) is 14.2 Å². The van der Waals surface area contributed by atoms with E-state index in [0.29, 0.717) is 17.4 Å². The number of quaternary nitrogens is 1. The topological polar surface area (TPSA) is 111 Å². The van der Waals surface area contributed by atoms with Crippen LogP contribution in [0.2, 0.25) is 0 Å². The zero-order valence-corrected chi connectivity index (χ0v) is 31.8. The molecule has 0 saturated heterocycles. The first-order valence-corrected chi connectivity index (χ1v) is 19.8. The number of carbonyl (C=O) groups excluding carboxylic acids is 2. The molecule has 0 fully saturated rings. The maximum atomic E-state index is 12.5. The number of nitrogens with zero attached hydrogens (tertiary/aromatic N) is 1. The third-order valence-corrected chi connectivity index (χ3v) is 8.34. The third-order valence-electron chi connectivity index (χ3n) is 7.38. The summed E-state index contributed by atoms with van der Waals surface area (Å²) in [7, 11) is 1.12. The Balaban J connectivity index is 4.59. The van der Waals surface area contributed by atoms with Gasteiger partial charge in [0.2, 0.25) is 0 Å². The number of hydrogen-bond acceptors (Lipinski definition) is 8. The highest BCUT2D eigenvalue weighted by atomic mass is 31.2. The monoisotopic (exact) mass is 697 g/mol. The Bertz CT molecular complexity index is 970. The van der Waals surface area contributed by atoms with Crippen LogP contribution in [0.3, 0.4) is 0 Å². The van der Waals surface area contributed by atoms with E-state index in [1.807, 2.05) is 33.3 Å². The predicted molar refractivity (Wildman–Crippen MR) is 194 cm³/mol. The van der Waals surface area contributed by atoms with E-state index in [4.69, 9.17) is 18.5 Å². The highest BCUT2D eigenvalue weighted by Crippen LogP contribution is 2.38. The molecule has 0 aliphatic heterocycles. The van der Waals surface area contributed by atoms with Gasteiger partial charge in [0.15, 0.2) is 6.10 Å². The van der Waals surface area contributed by atoms with Crippen molar-refractivity contribution in [2.45, 2.75) is 136 Å². The molecule has 0 heterocycles. The van der Waals surface area contributed by atoms with E-state index < -0.39 is 32.5 Å². The summed E-state index contributed by atoms with van der Waals surface area (Å²) in [5, 5.41) is 0. The second-order valence-electron chi connectivity index (χ2n) is 13.2. The fourth-order valence-corrected chi connectivity index (χ4v) is 5.22. The summed E-state index contributed by atoms with van der Waals surface area (Å²) in [5.74, 6) is -0.935. The van der Waals surface area contributed by atoms with Crippen LogP contribution < -0.4 is 4.89 Å². The van der Waals surface area contributed by atoms with Crippen molar-refractivity contribution in [3.8, 4) is 0 Å². The van der Waals surface area contributed by atoms with Crippen LogP contribution >= 0.6 is 7.82 Å². The first-order chi connectivity index (χ1) is 23.0. The molecule has 278 valence electrons. The molecule has 0 N–H and O–H groups in total. The predicted octanol–water partition coefficient (Wildman–Crippen LogP) is 8.94. The summed E-state index contributed by atoms with van der Waals surface area (Å²) in [6, 6.07) is 0. The minimum atomic E-state index is -4.63. The molecule has 48 heavy (non-hydrogen) atoms. The molecule has 0 amide bonds. The van der Waals surface area contributed by atoms with Crippen LogP contribution in [0, 0.1) is 0 Å². The molecule has 2 atom stereocenters. The van der Waals surface area contributed by atoms with E-state index in [1.165, 1.54) is 51.4 Å². The largest absolute Gasteiger partial charge is 0.756 e. The Hall–Kier alpha value is -2.03. The van der Waals surface area contributed by atoms with Crippen LogP contribution in [0.15, 0.2) is 48.6 Å². The number of likely N-dealkylation sites (N-methyl/N-ethyl adjacent to an activating group) is 1.